The molecule has 10 nitrogen and oxygen atoms in total. The summed E-state index contributed by atoms with van der Waals surface area (Å²) in [7, 11) is 0. The molecule has 2 aromatic carbocycles. The number of anilines is 2. The van der Waals surface area contributed by atoms with E-state index in [2.05, 4.69) is 21.2 Å². The summed E-state index contributed by atoms with van der Waals surface area (Å²) in [5.41, 5.74) is 2.77. The first kappa shape index (κ1) is 24.2. The fourth-order valence-corrected chi connectivity index (χ4v) is 5.25. The Morgan fingerprint density at radius 1 is 1.00 bits per heavy atom. The minimum Gasteiger partial charge on any atom is -0.454 e. The van der Waals surface area contributed by atoms with Gasteiger partial charge in [-0.2, -0.15) is 5.26 Å². The Morgan fingerprint density at radius 2 is 1.82 bits per heavy atom. The van der Waals surface area contributed by atoms with Crippen molar-refractivity contribution >= 4 is 17.5 Å². The van der Waals surface area contributed by atoms with E-state index in [9.17, 15) is 10.1 Å². The molecule has 1 N–H and O–H groups in total. The van der Waals surface area contributed by atoms with Crippen molar-refractivity contribution in [2.45, 2.75) is 18.9 Å². The zero-order valence-electron chi connectivity index (χ0n) is 21.0. The number of nitrogens with zero attached hydrogens (tertiary/aromatic N) is 4. The van der Waals surface area contributed by atoms with Gasteiger partial charge in [0.1, 0.15) is 6.07 Å². The molecule has 0 unspecified atom stereocenters. The van der Waals surface area contributed by atoms with Gasteiger partial charge in [0.2, 0.25) is 6.79 Å². The number of ether oxygens (including phenoxy) is 4. The summed E-state index contributed by atoms with van der Waals surface area (Å²) in [4.78, 5) is 17.4. The summed E-state index contributed by atoms with van der Waals surface area (Å²) < 4.78 is 23.6. The molecule has 0 saturated carbocycles. The second kappa shape index (κ2) is 10.7. The van der Waals surface area contributed by atoms with Crippen LogP contribution in [0.5, 0.6) is 17.2 Å². The van der Waals surface area contributed by atoms with Gasteiger partial charge in [-0.15, -0.1) is 0 Å². The summed E-state index contributed by atoms with van der Waals surface area (Å²) >= 11 is 0. The van der Waals surface area contributed by atoms with Gasteiger partial charge in [-0.1, -0.05) is 0 Å². The van der Waals surface area contributed by atoms with Crippen molar-refractivity contribution in [3.8, 4) is 29.0 Å². The number of carbonyl (C=O) groups is 1. The molecule has 2 saturated heterocycles. The van der Waals surface area contributed by atoms with Gasteiger partial charge in [0.15, 0.2) is 17.2 Å². The lowest BCUT2D eigenvalue weighted by Crippen LogP contribution is -2.51. The second-order valence-electron chi connectivity index (χ2n) is 9.52. The van der Waals surface area contributed by atoms with Crippen molar-refractivity contribution in [2.75, 3.05) is 56.4 Å². The molecule has 4 heterocycles. The van der Waals surface area contributed by atoms with Crippen LogP contribution in [0.2, 0.25) is 0 Å². The molecular formula is C28H29N5O5. The van der Waals surface area contributed by atoms with Gasteiger partial charge in [-0.25, -0.2) is 4.79 Å². The average Bonchev–Trinajstić information content (AvgIpc) is 3.63. The van der Waals surface area contributed by atoms with Crippen LogP contribution in [0.3, 0.4) is 0 Å². The Hall–Kier alpha value is -4.20. The lowest BCUT2D eigenvalue weighted by molar-refractivity contribution is 0.0321. The Labute approximate surface area is 220 Å². The van der Waals surface area contributed by atoms with E-state index in [1.165, 1.54) is 0 Å². The summed E-state index contributed by atoms with van der Waals surface area (Å²) in [6.07, 6.45) is 5.05. The Kier molecular flexibility index (Phi) is 6.77. The van der Waals surface area contributed by atoms with Crippen LogP contribution in [0.25, 0.3) is 5.69 Å². The van der Waals surface area contributed by atoms with Gasteiger partial charge in [0.25, 0.3) is 0 Å². The number of nitriles is 1. The van der Waals surface area contributed by atoms with Crippen LogP contribution in [-0.2, 0) is 4.74 Å². The Balaban J connectivity index is 1.06. The average molecular weight is 516 g/mol. The maximum Gasteiger partial charge on any atom is 0.417 e. The molecule has 3 aliphatic rings. The maximum absolute atomic E-state index is 12.6. The van der Waals surface area contributed by atoms with Crippen molar-refractivity contribution in [2.24, 2.45) is 0 Å². The van der Waals surface area contributed by atoms with E-state index < -0.39 is 6.09 Å². The van der Waals surface area contributed by atoms with Crippen molar-refractivity contribution < 1.29 is 23.7 Å². The standard InChI is InChI=1S/C28H29N5O5/c29-17-20-15-21(1-3-25(20)32-11-9-31(10-12-32)22-6-13-35-14-7-22)30-28(34)38-24-5-8-33(18-24)23-2-4-26-27(16-23)37-19-36-26/h1-5,8,15-16,18,22H,6-7,9-14,19H2,(H,30,34). The van der Waals surface area contributed by atoms with E-state index >= 15 is 0 Å². The normalized spacial score (nSPS) is 17.7. The third-order valence-corrected chi connectivity index (χ3v) is 7.26. The molecule has 1 aromatic heterocycles. The number of piperazine rings is 1. The van der Waals surface area contributed by atoms with E-state index in [0.717, 1.165) is 63.6 Å². The number of benzene rings is 2. The molecule has 6 rings (SSSR count). The van der Waals surface area contributed by atoms with E-state index in [0.29, 0.717) is 34.5 Å². The highest BCUT2D eigenvalue weighted by atomic mass is 16.7. The molecule has 3 aliphatic heterocycles. The van der Waals surface area contributed by atoms with Gasteiger partial charge in [0.05, 0.1) is 17.4 Å². The molecular weight excluding hydrogens is 486 g/mol. The van der Waals surface area contributed by atoms with E-state index in [-0.39, 0.29) is 6.79 Å². The molecule has 3 aromatic rings. The van der Waals surface area contributed by atoms with E-state index in [1.54, 1.807) is 30.6 Å². The highest BCUT2D eigenvalue weighted by molar-refractivity contribution is 5.87. The van der Waals surface area contributed by atoms with Crippen molar-refractivity contribution in [1.29, 1.82) is 5.26 Å². The van der Waals surface area contributed by atoms with Crippen LogP contribution in [-0.4, -0.2) is 67.8 Å². The molecule has 10 heteroatoms. The van der Waals surface area contributed by atoms with Gasteiger partial charge >= 0.3 is 6.09 Å². The molecule has 2 fully saturated rings. The van der Waals surface area contributed by atoms with Gasteiger partial charge < -0.3 is 28.4 Å². The molecule has 0 radical (unpaired) electrons. The van der Waals surface area contributed by atoms with Gasteiger partial charge in [0, 0.05) is 69.1 Å². The lowest BCUT2D eigenvalue weighted by atomic mass is 10.1. The first-order chi connectivity index (χ1) is 18.7. The smallest absolute Gasteiger partial charge is 0.417 e. The van der Waals surface area contributed by atoms with Crippen LogP contribution >= 0.6 is 0 Å². The first-order valence-electron chi connectivity index (χ1n) is 12.8. The predicted molar refractivity (Wildman–Crippen MR) is 140 cm³/mol. The molecule has 0 atom stereocenters. The molecule has 38 heavy (non-hydrogen) atoms. The summed E-state index contributed by atoms with van der Waals surface area (Å²) in [5, 5.41) is 12.5. The lowest BCUT2D eigenvalue weighted by Gasteiger charge is -2.41. The topological polar surface area (TPSA) is 101 Å². The van der Waals surface area contributed by atoms with Crippen molar-refractivity contribution in [3.63, 3.8) is 0 Å². The van der Waals surface area contributed by atoms with Crippen LogP contribution in [0.1, 0.15) is 18.4 Å². The van der Waals surface area contributed by atoms with Gasteiger partial charge in [-0.05, 0) is 49.2 Å². The quantitative estimate of drug-likeness (QED) is 0.545. The molecule has 1 amide bonds. The third kappa shape index (κ3) is 5.11. The molecule has 0 bridgehead atoms. The zero-order chi connectivity index (χ0) is 25.9. The highest BCUT2D eigenvalue weighted by Crippen LogP contribution is 2.34. The number of carbonyl (C=O) groups excluding carboxylic acids is 1. The SMILES string of the molecule is N#Cc1cc(NC(=O)Oc2ccn(-c3ccc4c(c3)OCO4)c2)ccc1N1CCN(C2CCOCC2)CC1. The van der Waals surface area contributed by atoms with Crippen molar-refractivity contribution in [1.82, 2.24) is 9.47 Å². The summed E-state index contributed by atoms with van der Waals surface area (Å²) in [5.74, 6) is 1.77. The highest BCUT2D eigenvalue weighted by Gasteiger charge is 2.26. The maximum atomic E-state index is 12.6. The second-order valence-corrected chi connectivity index (χ2v) is 9.52. The minimum absolute atomic E-state index is 0.209. The summed E-state index contributed by atoms with van der Waals surface area (Å²) in [6.45, 7) is 5.54. The van der Waals surface area contributed by atoms with Gasteiger partial charge in [-0.3, -0.25) is 10.2 Å². The number of aromatic nitrogens is 1. The number of rotatable bonds is 5. The zero-order valence-corrected chi connectivity index (χ0v) is 21.0. The van der Waals surface area contributed by atoms with Crippen LogP contribution in [0, 0.1) is 11.3 Å². The van der Waals surface area contributed by atoms with Crippen LogP contribution in [0.15, 0.2) is 54.9 Å². The van der Waals surface area contributed by atoms with E-state index in [1.807, 2.05) is 28.8 Å². The molecule has 196 valence electrons. The number of hydrogen-bond donors (Lipinski definition) is 1. The van der Waals surface area contributed by atoms with Crippen LogP contribution in [0.4, 0.5) is 16.2 Å². The first-order valence-corrected chi connectivity index (χ1v) is 12.8. The molecule has 0 spiro atoms. The Bertz CT molecular complexity index is 1350. The fourth-order valence-electron chi connectivity index (χ4n) is 5.25. The third-order valence-electron chi connectivity index (χ3n) is 7.26. The molecule has 0 aliphatic carbocycles. The van der Waals surface area contributed by atoms with Crippen molar-refractivity contribution in [3.05, 3.63) is 60.4 Å². The largest absolute Gasteiger partial charge is 0.454 e. The van der Waals surface area contributed by atoms with Crippen LogP contribution < -0.4 is 24.4 Å². The number of hydrogen-bond acceptors (Lipinski definition) is 8. The summed E-state index contributed by atoms with van der Waals surface area (Å²) in [6, 6.07) is 15.6. The minimum atomic E-state index is -0.629. The number of nitrogens with one attached hydrogen (secondary N) is 1. The monoisotopic (exact) mass is 515 g/mol. The Morgan fingerprint density at radius 3 is 2.63 bits per heavy atom. The predicted octanol–water partition coefficient (Wildman–Crippen LogP) is 3.99. The number of amides is 1. The van der Waals surface area contributed by atoms with E-state index in [4.69, 9.17) is 18.9 Å². The fraction of sp³-hybridized carbons (Fsp3) is 0.357. The number of fused-ring (bicyclic) bond motifs is 1.